The fraction of sp³-hybridized carbons (Fsp3) is 0.500. The summed E-state index contributed by atoms with van der Waals surface area (Å²) in [6.07, 6.45) is -0.458. The fourth-order valence-corrected chi connectivity index (χ4v) is 3.71. The van der Waals surface area contributed by atoms with E-state index < -0.39 is 6.10 Å². The van der Waals surface area contributed by atoms with E-state index >= 15 is 0 Å². The average Bonchev–Trinajstić information content (AvgIpc) is 2.72. The van der Waals surface area contributed by atoms with Crippen LogP contribution in [0.4, 0.5) is 5.69 Å². The van der Waals surface area contributed by atoms with Crippen LogP contribution in [-0.4, -0.2) is 57.7 Å². The van der Waals surface area contributed by atoms with Crippen LogP contribution in [0.25, 0.3) is 0 Å². The summed E-state index contributed by atoms with van der Waals surface area (Å²) in [4.78, 5) is 3.82. The number of nitrogens with one attached hydrogen (secondary N) is 1. The largest absolute Gasteiger partial charge is 0.497 e. The van der Waals surface area contributed by atoms with Gasteiger partial charge >= 0.3 is 0 Å². The zero-order valence-corrected chi connectivity index (χ0v) is 18.1. The van der Waals surface area contributed by atoms with Gasteiger partial charge in [-0.15, -0.1) is 0 Å². The van der Waals surface area contributed by atoms with E-state index in [2.05, 4.69) is 49.9 Å². The first-order valence-corrected chi connectivity index (χ1v) is 10.5. The van der Waals surface area contributed by atoms with Gasteiger partial charge in [0.05, 0.1) is 33.3 Å². The summed E-state index contributed by atoms with van der Waals surface area (Å²) in [5.41, 5.74) is 2.65. The molecule has 0 amide bonds. The van der Waals surface area contributed by atoms with Crippen molar-refractivity contribution >= 4 is 5.69 Å². The van der Waals surface area contributed by atoms with Gasteiger partial charge in [-0.1, -0.05) is 32.9 Å². The standard InChI is InChI=1S/C24H34N2O3/c1-24(2,3)19-5-9-23(10-6-19)29-18-21(27)17-25-13-15-26(16-14-25)20-7-11-22(28-4)12-8-20/h5-12,21,27H,13-18H2,1-4H3/p+1/t21-/m0/s1. The number of ether oxygens (including phenoxy) is 2. The van der Waals surface area contributed by atoms with E-state index in [9.17, 15) is 5.11 Å². The van der Waals surface area contributed by atoms with E-state index in [1.807, 2.05) is 24.3 Å². The lowest BCUT2D eigenvalue weighted by atomic mass is 9.87. The first kappa shape index (κ1) is 21.5. The van der Waals surface area contributed by atoms with Gasteiger partial charge in [0.1, 0.15) is 30.8 Å². The highest BCUT2D eigenvalue weighted by Crippen LogP contribution is 2.24. The number of hydrogen-bond donors (Lipinski definition) is 2. The number of hydrogen-bond acceptors (Lipinski definition) is 4. The Kier molecular flexibility index (Phi) is 7.04. The summed E-state index contributed by atoms with van der Waals surface area (Å²) in [7, 11) is 1.69. The maximum Gasteiger partial charge on any atom is 0.137 e. The Labute approximate surface area is 174 Å². The monoisotopic (exact) mass is 399 g/mol. The van der Waals surface area contributed by atoms with Crippen molar-refractivity contribution in [2.24, 2.45) is 0 Å². The second kappa shape index (κ2) is 9.51. The molecule has 0 saturated carbocycles. The number of aliphatic hydroxyl groups is 1. The number of nitrogens with zero attached hydrogens (tertiary/aromatic N) is 1. The predicted molar refractivity (Wildman–Crippen MR) is 117 cm³/mol. The van der Waals surface area contributed by atoms with E-state index in [0.717, 1.165) is 44.2 Å². The highest BCUT2D eigenvalue weighted by atomic mass is 16.5. The van der Waals surface area contributed by atoms with Crippen LogP contribution >= 0.6 is 0 Å². The molecule has 5 heteroatoms. The molecule has 1 fully saturated rings. The van der Waals surface area contributed by atoms with Crippen LogP contribution in [-0.2, 0) is 5.41 Å². The molecule has 0 aromatic heterocycles. The van der Waals surface area contributed by atoms with E-state index in [1.54, 1.807) is 7.11 Å². The van der Waals surface area contributed by atoms with Crippen molar-refractivity contribution in [3.63, 3.8) is 0 Å². The zero-order valence-electron chi connectivity index (χ0n) is 18.1. The minimum Gasteiger partial charge on any atom is -0.497 e. The maximum absolute atomic E-state index is 10.4. The normalized spacial score (nSPS) is 16.5. The van der Waals surface area contributed by atoms with Crippen LogP contribution in [0.1, 0.15) is 26.3 Å². The van der Waals surface area contributed by atoms with Crippen molar-refractivity contribution in [3.05, 3.63) is 54.1 Å². The van der Waals surface area contributed by atoms with Gasteiger partial charge < -0.3 is 24.4 Å². The van der Waals surface area contributed by atoms with Crippen molar-refractivity contribution in [2.75, 3.05) is 51.3 Å². The number of aliphatic hydroxyl groups excluding tert-OH is 1. The Balaban J connectivity index is 1.40. The molecule has 1 saturated heterocycles. The molecule has 2 aromatic carbocycles. The summed E-state index contributed by atoms with van der Waals surface area (Å²) in [6, 6.07) is 16.4. The van der Waals surface area contributed by atoms with Gasteiger partial charge in [0.25, 0.3) is 0 Å². The molecule has 1 aliphatic rings. The van der Waals surface area contributed by atoms with Gasteiger partial charge in [0.2, 0.25) is 0 Å². The molecular formula is C24H35N2O3+. The topological polar surface area (TPSA) is 46.4 Å². The fourth-order valence-electron chi connectivity index (χ4n) is 3.71. The molecule has 0 radical (unpaired) electrons. The number of benzene rings is 2. The highest BCUT2D eigenvalue weighted by Gasteiger charge is 2.23. The third kappa shape index (κ3) is 6.12. The Bertz CT molecular complexity index is 745. The minimum atomic E-state index is -0.458. The lowest BCUT2D eigenvalue weighted by Crippen LogP contribution is -3.16. The maximum atomic E-state index is 10.4. The van der Waals surface area contributed by atoms with E-state index in [4.69, 9.17) is 9.47 Å². The van der Waals surface area contributed by atoms with Crippen LogP contribution in [0.15, 0.2) is 48.5 Å². The van der Waals surface area contributed by atoms with Gasteiger partial charge in [-0.25, -0.2) is 0 Å². The van der Waals surface area contributed by atoms with E-state index in [0.29, 0.717) is 6.61 Å². The third-order valence-electron chi connectivity index (χ3n) is 5.60. The van der Waals surface area contributed by atoms with Crippen molar-refractivity contribution in [2.45, 2.75) is 32.3 Å². The minimum absolute atomic E-state index is 0.134. The van der Waals surface area contributed by atoms with Crippen molar-refractivity contribution in [3.8, 4) is 11.5 Å². The Morgan fingerprint density at radius 1 is 0.966 bits per heavy atom. The lowest BCUT2D eigenvalue weighted by Gasteiger charge is -2.34. The van der Waals surface area contributed by atoms with Gasteiger partial charge in [-0.2, -0.15) is 0 Å². The molecule has 29 heavy (non-hydrogen) atoms. The average molecular weight is 400 g/mol. The highest BCUT2D eigenvalue weighted by molar-refractivity contribution is 5.49. The molecule has 5 nitrogen and oxygen atoms in total. The first-order chi connectivity index (χ1) is 13.8. The molecule has 0 spiro atoms. The zero-order chi connectivity index (χ0) is 20.9. The molecule has 0 aliphatic carbocycles. The molecule has 1 aliphatic heterocycles. The van der Waals surface area contributed by atoms with Crippen molar-refractivity contribution in [1.82, 2.24) is 0 Å². The number of rotatable bonds is 7. The van der Waals surface area contributed by atoms with Gasteiger partial charge in [-0.05, 0) is 47.4 Å². The Hall–Kier alpha value is -2.24. The van der Waals surface area contributed by atoms with Crippen LogP contribution < -0.4 is 19.3 Å². The van der Waals surface area contributed by atoms with Crippen LogP contribution in [0.3, 0.4) is 0 Å². The molecule has 158 valence electrons. The molecule has 3 rings (SSSR count). The first-order valence-electron chi connectivity index (χ1n) is 10.5. The Morgan fingerprint density at radius 3 is 2.10 bits per heavy atom. The summed E-state index contributed by atoms with van der Waals surface area (Å²) < 4.78 is 11.0. The van der Waals surface area contributed by atoms with Gasteiger partial charge in [0, 0.05) is 5.69 Å². The van der Waals surface area contributed by atoms with Crippen LogP contribution in [0.5, 0.6) is 11.5 Å². The third-order valence-corrected chi connectivity index (χ3v) is 5.60. The predicted octanol–water partition coefficient (Wildman–Crippen LogP) is 2.14. The number of piperazine rings is 1. The van der Waals surface area contributed by atoms with Crippen molar-refractivity contribution < 1.29 is 19.5 Å². The lowest BCUT2D eigenvalue weighted by molar-refractivity contribution is -0.903. The Morgan fingerprint density at radius 2 is 1.55 bits per heavy atom. The summed E-state index contributed by atoms with van der Waals surface area (Å²) in [6.45, 7) is 11.7. The quantitative estimate of drug-likeness (QED) is 0.749. The number of anilines is 1. The molecular weight excluding hydrogens is 364 g/mol. The van der Waals surface area contributed by atoms with Crippen LogP contribution in [0.2, 0.25) is 0 Å². The molecule has 0 bridgehead atoms. The van der Waals surface area contributed by atoms with Crippen molar-refractivity contribution in [1.29, 1.82) is 0 Å². The summed E-state index contributed by atoms with van der Waals surface area (Å²) in [5, 5.41) is 10.4. The second-order valence-corrected chi connectivity index (χ2v) is 8.88. The van der Waals surface area contributed by atoms with Gasteiger partial charge in [-0.3, -0.25) is 0 Å². The van der Waals surface area contributed by atoms with Crippen LogP contribution in [0, 0.1) is 0 Å². The molecule has 1 heterocycles. The van der Waals surface area contributed by atoms with Gasteiger partial charge in [0.15, 0.2) is 0 Å². The van der Waals surface area contributed by atoms with E-state index in [1.165, 1.54) is 16.2 Å². The summed E-state index contributed by atoms with van der Waals surface area (Å²) in [5.74, 6) is 1.70. The molecule has 0 unspecified atom stereocenters. The second-order valence-electron chi connectivity index (χ2n) is 8.88. The molecule has 2 N–H and O–H groups in total. The van der Waals surface area contributed by atoms with E-state index in [-0.39, 0.29) is 5.41 Å². The molecule has 1 atom stereocenters. The number of quaternary nitrogens is 1. The smallest absolute Gasteiger partial charge is 0.137 e. The SMILES string of the molecule is COc1ccc(N2CC[NH+](C[C@H](O)COc3ccc(C(C)(C)C)cc3)CC2)cc1. The number of methoxy groups -OCH3 is 1. The molecule has 2 aromatic rings. The summed E-state index contributed by atoms with van der Waals surface area (Å²) >= 11 is 0.